The Morgan fingerprint density at radius 2 is 1.46 bits per heavy atom. The molecule has 10 nitrogen and oxygen atoms in total. The number of fused-ring (bicyclic) bond motifs is 9. The number of piperazine rings is 1. The van der Waals surface area contributed by atoms with Gasteiger partial charge in [0.05, 0.1) is 11.5 Å². The molecule has 2 amide bonds. The summed E-state index contributed by atoms with van der Waals surface area (Å²) in [6.45, 7) is 32.0. The Hall–Kier alpha value is -5.25. The molecule has 6 aliphatic carbocycles. The Morgan fingerprint density at radius 1 is 0.770 bits per heavy atom. The second-order valence-corrected chi connectivity index (χ2v) is 25.6. The first kappa shape index (κ1) is 52.2. The summed E-state index contributed by atoms with van der Waals surface area (Å²) >= 11 is 0. The highest BCUT2D eigenvalue weighted by atomic mass is 16.5. The van der Waals surface area contributed by atoms with Crippen molar-refractivity contribution in [3.63, 3.8) is 0 Å². The minimum atomic E-state index is -0.592. The average Bonchev–Trinajstić information content (AvgIpc) is 3.44. The molecule has 0 unspecified atom stereocenters. The van der Waals surface area contributed by atoms with E-state index in [0.717, 1.165) is 128 Å². The highest BCUT2D eigenvalue weighted by Gasteiger charge is 2.71. The predicted octanol–water partition coefficient (Wildman–Crippen LogP) is 12.1. The van der Waals surface area contributed by atoms with Crippen molar-refractivity contribution in [1.82, 2.24) is 14.4 Å². The van der Waals surface area contributed by atoms with Crippen LogP contribution in [0, 0.1) is 50.2 Å². The van der Waals surface area contributed by atoms with Crippen molar-refractivity contribution in [1.29, 1.82) is 0 Å². The quantitative estimate of drug-likeness (QED) is 0.0934. The van der Waals surface area contributed by atoms with Crippen molar-refractivity contribution in [2.45, 2.75) is 147 Å². The maximum atomic E-state index is 15.7. The van der Waals surface area contributed by atoms with Gasteiger partial charge < -0.3 is 23.9 Å². The predicted molar refractivity (Wildman–Crippen MR) is 296 cm³/mol. The number of amides is 2. The number of nitrogens with zero attached hydrogens (tertiary/aromatic N) is 4. The van der Waals surface area contributed by atoms with E-state index in [9.17, 15) is 4.79 Å². The third kappa shape index (κ3) is 8.01. The molecule has 10 rings (SSSR count). The first-order valence-electron chi connectivity index (χ1n) is 28.6. The summed E-state index contributed by atoms with van der Waals surface area (Å²) in [4.78, 5) is 64.6. The minimum absolute atomic E-state index is 0.0270. The Kier molecular flexibility index (Phi) is 13.3. The molecule has 396 valence electrons. The largest absolute Gasteiger partial charge is 0.462 e. The second-order valence-electron chi connectivity index (χ2n) is 25.6. The monoisotopic (exact) mass is 1010 g/mol. The zero-order valence-corrected chi connectivity index (χ0v) is 46.9. The van der Waals surface area contributed by atoms with Gasteiger partial charge in [-0.3, -0.25) is 19.2 Å². The van der Waals surface area contributed by atoms with E-state index in [1.165, 1.54) is 12.5 Å². The molecule has 1 saturated heterocycles. The van der Waals surface area contributed by atoms with Crippen molar-refractivity contribution in [3.05, 3.63) is 83.2 Å². The summed E-state index contributed by atoms with van der Waals surface area (Å²) in [5, 5.41) is 2.06. The van der Waals surface area contributed by atoms with E-state index >= 15 is 14.4 Å². The van der Waals surface area contributed by atoms with Gasteiger partial charge in [-0.25, -0.2) is 4.58 Å². The summed E-state index contributed by atoms with van der Waals surface area (Å²) in [5.74, 6) is 1.06. The Bertz CT molecular complexity index is 2970. The highest BCUT2D eigenvalue weighted by molar-refractivity contribution is 6.09. The SMILES string of the molecule is CCN(CC)c1ccc2c(-c3ccccc3C(=O)N3CCN(C(=O)[C@]45CCC(C)(C)C[C@H]4C4=CC(=O)[C@@H]6[C@@]7(C)CC[C@H](OC(C)=O)C(C)(C)[C@@H]7CC[C@@]6(C)[C@]4(C)CC5)CC3)c3ccc(=[N+](CC)CC)cc-3oc2c1. The van der Waals surface area contributed by atoms with Crippen LogP contribution in [0.15, 0.2) is 76.7 Å². The van der Waals surface area contributed by atoms with Gasteiger partial charge >= 0.3 is 5.97 Å². The third-order valence-electron chi connectivity index (χ3n) is 21.3. The van der Waals surface area contributed by atoms with Crippen molar-refractivity contribution in [2.24, 2.45) is 50.2 Å². The lowest BCUT2D eigenvalue weighted by Gasteiger charge is -2.70. The number of ketones is 1. The minimum Gasteiger partial charge on any atom is -0.462 e. The van der Waals surface area contributed by atoms with Crippen LogP contribution in [0.4, 0.5) is 5.69 Å². The topological polar surface area (TPSA) is 103 Å². The van der Waals surface area contributed by atoms with E-state index < -0.39 is 5.41 Å². The lowest BCUT2D eigenvalue weighted by atomic mass is 9.33. The lowest BCUT2D eigenvalue weighted by molar-refractivity contribution is -0.211. The second kappa shape index (κ2) is 18.8. The van der Waals surface area contributed by atoms with Gasteiger partial charge in [0.2, 0.25) is 11.3 Å². The number of hydrogen-bond donors (Lipinski definition) is 0. The molecule has 0 aromatic heterocycles. The van der Waals surface area contributed by atoms with Crippen molar-refractivity contribution in [2.75, 3.05) is 57.3 Å². The van der Waals surface area contributed by atoms with E-state index in [0.29, 0.717) is 31.7 Å². The number of rotatable bonds is 9. The molecule has 74 heavy (non-hydrogen) atoms. The van der Waals surface area contributed by atoms with Crippen molar-refractivity contribution in [3.8, 4) is 22.5 Å². The van der Waals surface area contributed by atoms with Gasteiger partial charge in [0.15, 0.2) is 5.78 Å². The Balaban J connectivity index is 0.941. The molecule has 10 heteroatoms. The fourth-order valence-electron chi connectivity index (χ4n) is 17.1. The number of esters is 1. The summed E-state index contributed by atoms with van der Waals surface area (Å²) in [7, 11) is 0. The molecule has 8 atom stereocenters. The van der Waals surface area contributed by atoms with Crippen LogP contribution in [0.25, 0.3) is 33.4 Å². The van der Waals surface area contributed by atoms with E-state index in [2.05, 4.69) is 139 Å². The summed E-state index contributed by atoms with van der Waals surface area (Å²) in [6.07, 6.45) is 9.80. The van der Waals surface area contributed by atoms with Crippen LogP contribution in [-0.4, -0.2) is 91.8 Å². The van der Waals surface area contributed by atoms with Crippen LogP contribution < -0.4 is 14.8 Å². The number of ether oxygens (including phenoxy) is 1. The van der Waals surface area contributed by atoms with Crippen LogP contribution in [0.1, 0.15) is 151 Å². The lowest BCUT2D eigenvalue weighted by Crippen LogP contribution is -2.68. The van der Waals surface area contributed by atoms with Crippen LogP contribution in [-0.2, 0) is 19.1 Å². The molecule has 2 aromatic rings. The van der Waals surface area contributed by atoms with Gasteiger partial charge in [0, 0.05) is 97.4 Å². The van der Waals surface area contributed by atoms with E-state index in [4.69, 9.17) is 9.15 Å². The fourth-order valence-corrected chi connectivity index (χ4v) is 17.1. The smallest absolute Gasteiger partial charge is 0.302 e. The number of allylic oxidation sites excluding steroid dienone is 2. The van der Waals surface area contributed by atoms with E-state index in [1.54, 1.807) is 0 Å². The maximum Gasteiger partial charge on any atom is 0.302 e. The molecule has 5 fully saturated rings. The molecule has 8 aliphatic rings. The highest BCUT2D eigenvalue weighted by Crippen LogP contribution is 2.75. The molecule has 0 bridgehead atoms. The average molecular weight is 1010 g/mol. The first-order valence-corrected chi connectivity index (χ1v) is 28.6. The van der Waals surface area contributed by atoms with Gasteiger partial charge in [0.1, 0.15) is 30.5 Å². The van der Waals surface area contributed by atoms with Crippen molar-refractivity contribution >= 4 is 40.2 Å². The molecule has 4 saturated carbocycles. The molecular formula is C64H85N4O6+. The number of hydrogen-bond acceptors (Lipinski definition) is 7. The standard InChI is InChI=1S/C64H85N4O6/c1-13-65(14-2)42-21-23-46-51(37-42)74-52-38-43(66(15-3)16-4)22-24-47(52)55(46)44-19-17-18-20-45(44)57(71)67-33-35-68(36-34-67)58(72)64-31-29-59(6,7)40-49(64)48-39-50(70)56-61(10)27-26-54(73-41(5)69)60(8,9)53(61)25-28-63(56,12)62(48,11)30-32-64/h17-24,37-39,49,53-54,56H,13-16,25-36,40H2,1-12H3/q+1/t49-,53-,54-,56+,61-,62+,63+,64-/m0/s1. The van der Waals surface area contributed by atoms with Crippen molar-refractivity contribution < 1.29 is 28.3 Å². The molecule has 2 aromatic carbocycles. The summed E-state index contributed by atoms with van der Waals surface area (Å²) in [5.41, 5.74) is 5.03. The summed E-state index contributed by atoms with van der Waals surface area (Å²) in [6, 6.07) is 21.0. The molecular weight excluding hydrogens is 921 g/mol. The maximum absolute atomic E-state index is 15.7. The van der Waals surface area contributed by atoms with Gasteiger partial charge in [0.25, 0.3) is 5.91 Å². The van der Waals surface area contributed by atoms with Gasteiger partial charge in [-0.05, 0) is 155 Å². The first-order chi connectivity index (χ1) is 35.1. The fraction of sp³-hybridized carbons (Fsp3) is 0.609. The van der Waals surface area contributed by atoms with Gasteiger partial charge in [-0.1, -0.05) is 72.2 Å². The number of anilines is 1. The number of carbonyl (C=O) groups is 4. The van der Waals surface area contributed by atoms with Gasteiger partial charge in [-0.15, -0.1) is 0 Å². The van der Waals surface area contributed by atoms with Crippen LogP contribution in [0.5, 0.6) is 0 Å². The molecule has 0 spiro atoms. The third-order valence-corrected chi connectivity index (χ3v) is 21.3. The number of carbonyl (C=O) groups excluding carboxylic acids is 4. The molecule has 0 N–H and O–H groups in total. The number of benzene rings is 3. The normalized spacial score (nSPS) is 31.1. The zero-order chi connectivity index (χ0) is 52.9. The van der Waals surface area contributed by atoms with Gasteiger partial charge in [-0.2, -0.15) is 0 Å². The Labute approximate surface area is 441 Å². The molecule has 2 aliphatic heterocycles. The van der Waals surface area contributed by atoms with Crippen LogP contribution in [0.2, 0.25) is 0 Å². The molecule has 0 radical (unpaired) electrons. The van der Waals surface area contributed by atoms with E-state index in [-0.39, 0.29) is 74.5 Å². The van der Waals surface area contributed by atoms with E-state index in [1.807, 2.05) is 23.1 Å². The van der Waals surface area contributed by atoms with Crippen LogP contribution in [0.3, 0.4) is 0 Å². The Morgan fingerprint density at radius 3 is 2.15 bits per heavy atom. The summed E-state index contributed by atoms with van der Waals surface area (Å²) < 4.78 is 15.1. The zero-order valence-electron chi connectivity index (χ0n) is 46.9. The molecule has 2 heterocycles. The van der Waals surface area contributed by atoms with Crippen LogP contribution >= 0.6 is 0 Å².